The second-order valence-corrected chi connectivity index (χ2v) is 9.37. The van der Waals surface area contributed by atoms with E-state index in [4.69, 9.17) is 0 Å². The van der Waals surface area contributed by atoms with Crippen LogP contribution in [-0.4, -0.2) is 28.6 Å². The molecule has 0 rings (SSSR count). The largest absolute Gasteiger partial charge is 0.478 e. The van der Waals surface area contributed by atoms with Crippen LogP contribution in [0.2, 0.25) is 0 Å². The fraction of sp³-hybridized carbons (Fsp3) is 0.870. The third-order valence-corrected chi connectivity index (χ3v) is 4.88. The Bertz CT molecular complexity index is 470. The number of nitrogens with one attached hydrogen (secondary N) is 2. The first-order chi connectivity index (χ1) is 13.6. The van der Waals surface area contributed by atoms with Crippen molar-refractivity contribution in [1.29, 1.82) is 0 Å². The molecule has 0 saturated carbocycles. The van der Waals surface area contributed by atoms with Gasteiger partial charge in [0, 0.05) is 19.3 Å². The van der Waals surface area contributed by atoms with Gasteiger partial charge in [0.15, 0.2) is 0 Å². The van der Waals surface area contributed by atoms with Crippen molar-refractivity contribution in [3.63, 3.8) is 0 Å². The molecular weight excluding hydrogens is 368 g/mol. The van der Waals surface area contributed by atoms with E-state index in [-0.39, 0.29) is 36.5 Å². The van der Waals surface area contributed by atoms with Crippen LogP contribution < -0.4 is 10.6 Å². The molecule has 0 aromatic heterocycles. The minimum absolute atomic E-state index is 0.123. The van der Waals surface area contributed by atoms with E-state index < -0.39 is 11.6 Å². The van der Waals surface area contributed by atoms with Crippen LogP contribution in [0.3, 0.4) is 0 Å². The van der Waals surface area contributed by atoms with Gasteiger partial charge in [0.25, 0.3) is 0 Å². The van der Waals surface area contributed by atoms with Crippen molar-refractivity contribution in [3.8, 4) is 0 Å². The molecule has 0 atom stereocenters. The van der Waals surface area contributed by atoms with Gasteiger partial charge in [-0.25, -0.2) is 4.79 Å². The molecule has 0 aromatic rings. The summed E-state index contributed by atoms with van der Waals surface area (Å²) in [5.41, 5.74) is -2.15. The maximum absolute atomic E-state index is 12.5. The zero-order valence-electron chi connectivity index (χ0n) is 19.4. The molecule has 0 heterocycles. The zero-order chi connectivity index (χ0) is 22.3. The molecule has 0 spiro atoms. The molecule has 3 N–H and O–H groups in total. The Kier molecular flexibility index (Phi) is 13.6. The number of amides is 2. The molecule has 0 radical (unpaired) electrons. The summed E-state index contributed by atoms with van der Waals surface area (Å²) in [6.45, 7) is 9.97. The van der Waals surface area contributed by atoms with E-state index in [9.17, 15) is 19.5 Å². The van der Waals surface area contributed by atoms with E-state index in [1.54, 1.807) is 0 Å². The molecule has 0 fully saturated rings. The van der Waals surface area contributed by atoms with E-state index in [1.807, 2.05) is 20.8 Å². The SMILES string of the molecule is CCCCCCCC(=O)NC(CC(C)(C)C)(NC(=O)CCCCCCC)C(=O)O. The van der Waals surface area contributed by atoms with E-state index in [1.165, 1.54) is 0 Å². The van der Waals surface area contributed by atoms with Crippen molar-refractivity contribution in [2.24, 2.45) is 5.41 Å². The van der Waals surface area contributed by atoms with Gasteiger partial charge in [-0.1, -0.05) is 86.0 Å². The molecule has 0 saturated heterocycles. The second kappa shape index (κ2) is 14.4. The van der Waals surface area contributed by atoms with E-state index in [0.29, 0.717) is 0 Å². The zero-order valence-corrected chi connectivity index (χ0v) is 19.4. The lowest BCUT2D eigenvalue weighted by molar-refractivity contribution is -0.153. The summed E-state index contributed by atoms with van der Waals surface area (Å²) in [7, 11) is 0. The number of carbonyl (C=O) groups is 3. The Morgan fingerprint density at radius 3 is 1.38 bits per heavy atom. The standard InChI is InChI=1S/C23H44N2O4/c1-6-8-10-12-14-16-19(26)24-23(21(28)29,18-22(3,4)5)25-20(27)17-15-13-11-9-7-2/h6-18H2,1-5H3,(H,24,26)(H,25,27)(H,28,29). The van der Waals surface area contributed by atoms with Crippen LogP contribution in [0.25, 0.3) is 0 Å². The van der Waals surface area contributed by atoms with Crippen molar-refractivity contribution in [2.45, 2.75) is 124 Å². The highest BCUT2D eigenvalue weighted by molar-refractivity contribution is 5.91. The van der Waals surface area contributed by atoms with Crippen LogP contribution in [0.1, 0.15) is 118 Å². The van der Waals surface area contributed by atoms with E-state index in [2.05, 4.69) is 24.5 Å². The number of carboxylic acid groups (broad SMARTS) is 1. The summed E-state index contributed by atoms with van der Waals surface area (Å²) in [6.07, 6.45) is 10.7. The summed E-state index contributed by atoms with van der Waals surface area (Å²) < 4.78 is 0. The molecule has 0 bridgehead atoms. The lowest BCUT2D eigenvalue weighted by Crippen LogP contribution is -2.66. The topological polar surface area (TPSA) is 95.5 Å². The van der Waals surface area contributed by atoms with Gasteiger partial charge in [0.2, 0.25) is 17.5 Å². The number of rotatable bonds is 16. The first kappa shape index (κ1) is 27.4. The van der Waals surface area contributed by atoms with Gasteiger partial charge in [0.1, 0.15) is 0 Å². The predicted molar refractivity (Wildman–Crippen MR) is 117 cm³/mol. The minimum atomic E-state index is -1.76. The molecule has 6 heteroatoms. The predicted octanol–water partition coefficient (Wildman–Crippen LogP) is 5.16. The number of carboxylic acids is 1. The quantitative estimate of drug-likeness (QED) is 0.241. The van der Waals surface area contributed by atoms with E-state index in [0.717, 1.165) is 64.2 Å². The second-order valence-electron chi connectivity index (χ2n) is 9.37. The van der Waals surface area contributed by atoms with Crippen LogP contribution in [0.4, 0.5) is 0 Å². The van der Waals surface area contributed by atoms with Crippen molar-refractivity contribution >= 4 is 17.8 Å². The van der Waals surface area contributed by atoms with Crippen molar-refractivity contribution in [1.82, 2.24) is 10.6 Å². The van der Waals surface area contributed by atoms with Gasteiger partial charge in [-0.2, -0.15) is 0 Å². The molecular formula is C23H44N2O4. The smallest absolute Gasteiger partial charge is 0.350 e. The summed E-state index contributed by atoms with van der Waals surface area (Å²) in [6, 6.07) is 0. The monoisotopic (exact) mass is 412 g/mol. The maximum Gasteiger partial charge on any atom is 0.350 e. The third kappa shape index (κ3) is 13.3. The highest BCUT2D eigenvalue weighted by Crippen LogP contribution is 2.27. The summed E-state index contributed by atoms with van der Waals surface area (Å²) in [4.78, 5) is 37.1. The molecule has 0 aliphatic carbocycles. The highest BCUT2D eigenvalue weighted by atomic mass is 16.4. The number of carbonyl (C=O) groups excluding carboxylic acids is 2. The molecule has 0 aliphatic heterocycles. The van der Waals surface area contributed by atoms with Crippen molar-refractivity contribution in [3.05, 3.63) is 0 Å². The average molecular weight is 413 g/mol. The van der Waals surface area contributed by atoms with E-state index >= 15 is 0 Å². The summed E-state index contributed by atoms with van der Waals surface area (Å²) >= 11 is 0. The molecule has 0 aliphatic rings. The first-order valence-electron chi connectivity index (χ1n) is 11.4. The first-order valence-corrected chi connectivity index (χ1v) is 11.4. The molecule has 0 aromatic carbocycles. The fourth-order valence-electron chi connectivity index (χ4n) is 3.48. The number of hydrogen-bond donors (Lipinski definition) is 3. The average Bonchev–Trinajstić information content (AvgIpc) is 2.59. The van der Waals surface area contributed by atoms with Crippen LogP contribution in [0, 0.1) is 5.41 Å². The normalized spacial score (nSPS) is 11.9. The molecule has 29 heavy (non-hydrogen) atoms. The molecule has 170 valence electrons. The Balaban J connectivity index is 4.98. The molecule has 0 unspecified atom stereocenters. The van der Waals surface area contributed by atoms with Gasteiger partial charge >= 0.3 is 5.97 Å². The lowest BCUT2D eigenvalue weighted by Gasteiger charge is -2.36. The molecule has 2 amide bonds. The number of aliphatic carboxylic acids is 1. The minimum Gasteiger partial charge on any atom is -0.478 e. The van der Waals surface area contributed by atoms with Gasteiger partial charge in [-0.15, -0.1) is 0 Å². The van der Waals surface area contributed by atoms with Crippen LogP contribution >= 0.6 is 0 Å². The molecule has 6 nitrogen and oxygen atoms in total. The summed E-state index contributed by atoms with van der Waals surface area (Å²) in [5.74, 6) is -1.86. The Morgan fingerprint density at radius 2 is 1.07 bits per heavy atom. The number of hydrogen-bond acceptors (Lipinski definition) is 3. The van der Waals surface area contributed by atoms with Crippen molar-refractivity contribution < 1.29 is 19.5 Å². The van der Waals surface area contributed by atoms with Gasteiger partial charge in [-0.05, 0) is 18.3 Å². The van der Waals surface area contributed by atoms with Crippen LogP contribution in [0.5, 0.6) is 0 Å². The third-order valence-electron chi connectivity index (χ3n) is 4.88. The fourth-order valence-corrected chi connectivity index (χ4v) is 3.48. The Labute approximate surface area is 177 Å². The summed E-state index contributed by atoms with van der Waals surface area (Å²) in [5, 5.41) is 15.2. The van der Waals surface area contributed by atoms with Gasteiger partial charge in [-0.3, -0.25) is 9.59 Å². The Morgan fingerprint density at radius 1 is 0.690 bits per heavy atom. The van der Waals surface area contributed by atoms with Gasteiger partial charge < -0.3 is 15.7 Å². The lowest BCUT2D eigenvalue weighted by atomic mass is 9.84. The maximum atomic E-state index is 12.5. The van der Waals surface area contributed by atoms with Gasteiger partial charge in [0.05, 0.1) is 0 Å². The highest BCUT2D eigenvalue weighted by Gasteiger charge is 2.44. The van der Waals surface area contributed by atoms with Crippen LogP contribution in [0.15, 0.2) is 0 Å². The van der Waals surface area contributed by atoms with Crippen LogP contribution in [-0.2, 0) is 14.4 Å². The Hall–Kier alpha value is -1.59. The van der Waals surface area contributed by atoms with Crippen molar-refractivity contribution in [2.75, 3.05) is 0 Å². The number of unbranched alkanes of at least 4 members (excludes halogenated alkanes) is 8.